The molecule has 1 rings (SSSR count). The van der Waals surface area contributed by atoms with Crippen LogP contribution < -0.4 is 5.32 Å². The Morgan fingerprint density at radius 1 is 1.15 bits per heavy atom. The van der Waals surface area contributed by atoms with Crippen molar-refractivity contribution >= 4 is 5.91 Å². The molecule has 0 unspecified atom stereocenters. The Kier molecular flexibility index (Phi) is 4.43. The van der Waals surface area contributed by atoms with Crippen LogP contribution in [0.1, 0.15) is 19.4 Å². The number of alkyl halides is 4. The van der Waals surface area contributed by atoms with Gasteiger partial charge in [0.25, 0.3) is 5.91 Å². The third-order valence-electron chi connectivity index (χ3n) is 2.77. The van der Waals surface area contributed by atoms with Crippen molar-refractivity contribution < 1.29 is 27.5 Å². The highest BCUT2D eigenvalue weighted by Gasteiger charge is 2.55. The van der Waals surface area contributed by atoms with Gasteiger partial charge in [-0.05, 0) is 19.4 Å². The number of benzene rings is 1. The second-order valence-electron chi connectivity index (χ2n) is 4.88. The van der Waals surface area contributed by atoms with Crippen LogP contribution in [0.25, 0.3) is 0 Å². The standard InChI is InChI=1S/C13H15F4NO2/c1-11(2,14)10(19)18-8-12(20,13(15,16)17)9-6-4-3-5-7-9/h3-7,20H,8H2,1-2H3,(H,18,19)/t12-/m1/s1. The van der Waals surface area contributed by atoms with Gasteiger partial charge >= 0.3 is 6.18 Å². The molecule has 0 saturated carbocycles. The molecule has 112 valence electrons. The van der Waals surface area contributed by atoms with E-state index in [-0.39, 0.29) is 0 Å². The fourth-order valence-electron chi connectivity index (χ4n) is 1.50. The fourth-order valence-corrected chi connectivity index (χ4v) is 1.50. The summed E-state index contributed by atoms with van der Waals surface area (Å²) < 4.78 is 52.4. The Hall–Kier alpha value is -1.63. The number of halogens is 4. The van der Waals surface area contributed by atoms with Crippen molar-refractivity contribution in [3.8, 4) is 0 Å². The molecular weight excluding hydrogens is 278 g/mol. The first kappa shape index (κ1) is 16.4. The third kappa shape index (κ3) is 3.47. The quantitative estimate of drug-likeness (QED) is 0.837. The fraction of sp³-hybridized carbons (Fsp3) is 0.462. The van der Waals surface area contributed by atoms with Crippen LogP contribution in [0.5, 0.6) is 0 Å². The summed E-state index contributed by atoms with van der Waals surface area (Å²) in [5, 5.41) is 11.7. The highest BCUT2D eigenvalue weighted by atomic mass is 19.4. The van der Waals surface area contributed by atoms with Gasteiger partial charge in [0.15, 0.2) is 5.67 Å². The first-order valence-corrected chi connectivity index (χ1v) is 5.80. The van der Waals surface area contributed by atoms with Gasteiger partial charge < -0.3 is 10.4 Å². The van der Waals surface area contributed by atoms with Crippen LogP contribution in [-0.4, -0.2) is 29.4 Å². The molecule has 3 nitrogen and oxygen atoms in total. The van der Waals surface area contributed by atoms with Crippen LogP contribution in [0.3, 0.4) is 0 Å². The van der Waals surface area contributed by atoms with Crippen molar-refractivity contribution in [2.75, 3.05) is 6.54 Å². The number of aliphatic hydroxyl groups is 1. The highest BCUT2D eigenvalue weighted by Crippen LogP contribution is 2.38. The maximum atomic E-state index is 13.3. The zero-order valence-electron chi connectivity index (χ0n) is 11.0. The summed E-state index contributed by atoms with van der Waals surface area (Å²) in [6.07, 6.45) is -5.01. The van der Waals surface area contributed by atoms with E-state index in [0.717, 1.165) is 26.0 Å². The molecule has 2 N–H and O–H groups in total. The lowest BCUT2D eigenvalue weighted by Gasteiger charge is -2.31. The molecule has 0 aliphatic carbocycles. The van der Waals surface area contributed by atoms with Crippen LogP contribution in [0.2, 0.25) is 0 Å². The topological polar surface area (TPSA) is 49.3 Å². The predicted molar refractivity (Wildman–Crippen MR) is 64.6 cm³/mol. The molecule has 0 fully saturated rings. The molecule has 0 aliphatic heterocycles. The van der Waals surface area contributed by atoms with Crippen LogP contribution in [0.4, 0.5) is 17.6 Å². The largest absolute Gasteiger partial charge is 0.423 e. The number of nitrogens with one attached hydrogen (secondary N) is 1. The molecule has 0 aliphatic rings. The zero-order valence-corrected chi connectivity index (χ0v) is 11.0. The molecule has 0 radical (unpaired) electrons. The van der Waals surface area contributed by atoms with E-state index in [9.17, 15) is 27.5 Å². The molecule has 0 saturated heterocycles. The Labute approximate surface area is 113 Å². The summed E-state index contributed by atoms with van der Waals surface area (Å²) in [6, 6.07) is 6.31. The highest BCUT2D eigenvalue weighted by molar-refractivity contribution is 5.84. The number of carbonyl (C=O) groups is 1. The molecule has 7 heteroatoms. The average molecular weight is 293 g/mol. The minimum Gasteiger partial charge on any atom is -0.375 e. The van der Waals surface area contributed by atoms with Crippen molar-refractivity contribution in [1.82, 2.24) is 5.32 Å². The second kappa shape index (κ2) is 5.40. The van der Waals surface area contributed by atoms with E-state index in [1.807, 2.05) is 0 Å². The van der Waals surface area contributed by atoms with Crippen LogP contribution in [0.15, 0.2) is 30.3 Å². The molecule has 1 aromatic rings. The summed E-state index contributed by atoms with van der Waals surface area (Å²) in [5.74, 6) is -1.23. The van der Waals surface area contributed by atoms with Crippen molar-refractivity contribution in [2.24, 2.45) is 0 Å². The number of carbonyl (C=O) groups excluding carboxylic acids is 1. The number of hydrogen-bond donors (Lipinski definition) is 2. The molecule has 0 spiro atoms. The first-order valence-electron chi connectivity index (χ1n) is 5.80. The van der Waals surface area contributed by atoms with Crippen LogP contribution >= 0.6 is 0 Å². The maximum absolute atomic E-state index is 13.3. The number of amides is 1. The van der Waals surface area contributed by atoms with Gasteiger partial charge in [0.1, 0.15) is 0 Å². The lowest BCUT2D eigenvalue weighted by Crippen LogP contribution is -2.53. The molecule has 20 heavy (non-hydrogen) atoms. The van der Waals surface area contributed by atoms with Gasteiger partial charge in [0.2, 0.25) is 5.60 Å². The van der Waals surface area contributed by atoms with Crippen LogP contribution in [-0.2, 0) is 10.4 Å². The van der Waals surface area contributed by atoms with Gasteiger partial charge in [-0.3, -0.25) is 4.79 Å². The molecule has 1 amide bonds. The smallest absolute Gasteiger partial charge is 0.375 e. The molecule has 0 bridgehead atoms. The summed E-state index contributed by atoms with van der Waals surface area (Å²) in [7, 11) is 0. The molecule has 0 aromatic heterocycles. The Balaban J connectivity index is 3.01. The van der Waals surface area contributed by atoms with E-state index < -0.39 is 35.5 Å². The van der Waals surface area contributed by atoms with Gasteiger partial charge in [-0.15, -0.1) is 0 Å². The Morgan fingerprint density at radius 2 is 1.65 bits per heavy atom. The van der Waals surface area contributed by atoms with Gasteiger partial charge in [-0.25, -0.2) is 4.39 Å². The number of hydrogen-bond acceptors (Lipinski definition) is 2. The van der Waals surface area contributed by atoms with Gasteiger partial charge in [0.05, 0.1) is 6.54 Å². The average Bonchev–Trinajstić information content (AvgIpc) is 2.34. The lowest BCUT2D eigenvalue weighted by atomic mass is 9.92. The molecule has 1 atom stereocenters. The number of rotatable bonds is 4. The zero-order chi connectivity index (χ0) is 15.6. The summed E-state index contributed by atoms with van der Waals surface area (Å²) >= 11 is 0. The Bertz CT molecular complexity index is 467. The lowest BCUT2D eigenvalue weighted by molar-refractivity contribution is -0.264. The SMILES string of the molecule is CC(C)(F)C(=O)NC[C@@](O)(c1ccccc1)C(F)(F)F. The van der Waals surface area contributed by atoms with E-state index in [1.165, 1.54) is 18.2 Å². The van der Waals surface area contributed by atoms with E-state index in [2.05, 4.69) is 0 Å². The minimum atomic E-state index is -5.01. The van der Waals surface area contributed by atoms with Gasteiger partial charge in [-0.2, -0.15) is 13.2 Å². The van der Waals surface area contributed by atoms with Crippen molar-refractivity contribution in [1.29, 1.82) is 0 Å². The maximum Gasteiger partial charge on any atom is 0.423 e. The minimum absolute atomic E-state index is 0.426. The van der Waals surface area contributed by atoms with Crippen molar-refractivity contribution in [3.63, 3.8) is 0 Å². The van der Waals surface area contributed by atoms with E-state index in [1.54, 1.807) is 5.32 Å². The normalized spacial score (nSPS) is 15.6. The molecule has 0 heterocycles. The summed E-state index contributed by atoms with van der Waals surface area (Å²) in [4.78, 5) is 11.3. The summed E-state index contributed by atoms with van der Waals surface area (Å²) in [5.41, 5.74) is -6.03. The van der Waals surface area contributed by atoms with Crippen LogP contribution in [0, 0.1) is 0 Å². The Morgan fingerprint density at radius 3 is 2.05 bits per heavy atom. The van der Waals surface area contributed by atoms with Crippen molar-refractivity contribution in [3.05, 3.63) is 35.9 Å². The first-order chi connectivity index (χ1) is 8.98. The summed E-state index contributed by atoms with van der Waals surface area (Å²) in [6.45, 7) is 0.668. The van der Waals surface area contributed by atoms with Crippen molar-refractivity contribution in [2.45, 2.75) is 31.3 Å². The predicted octanol–water partition coefficient (Wildman–Crippen LogP) is 2.30. The van der Waals surface area contributed by atoms with E-state index >= 15 is 0 Å². The second-order valence-corrected chi connectivity index (χ2v) is 4.88. The van der Waals surface area contributed by atoms with E-state index in [4.69, 9.17) is 0 Å². The van der Waals surface area contributed by atoms with Gasteiger partial charge in [0, 0.05) is 0 Å². The van der Waals surface area contributed by atoms with Gasteiger partial charge in [-0.1, -0.05) is 30.3 Å². The molecular formula is C13H15F4NO2. The third-order valence-corrected chi connectivity index (χ3v) is 2.77. The van der Waals surface area contributed by atoms with E-state index in [0.29, 0.717) is 0 Å². The monoisotopic (exact) mass is 293 g/mol. The molecule has 1 aromatic carbocycles.